The van der Waals surface area contributed by atoms with Gasteiger partial charge in [-0.05, 0) is 42.5 Å². The molecule has 0 aliphatic carbocycles. The number of hydrogen-bond acceptors (Lipinski definition) is 5. The highest BCUT2D eigenvalue weighted by molar-refractivity contribution is 5.98. The fourth-order valence-corrected chi connectivity index (χ4v) is 3.90. The number of rotatable bonds is 9. The zero-order chi connectivity index (χ0) is 22.2. The zero-order valence-corrected chi connectivity index (χ0v) is 18.3. The first-order chi connectivity index (χ1) is 15.1. The zero-order valence-electron chi connectivity index (χ0n) is 18.3. The summed E-state index contributed by atoms with van der Waals surface area (Å²) in [6.45, 7) is 2.85. The number of nitrogens with zero attached hydrogens (tertiary/aromatic N) is 1. The predicted molar refractivity (Wildman–Crippen MR) is 117 cm³/mol. The van der Waals surface area contributed by atoms with Crippen LogP contribution in [0.2, 0.25) is 0 Å². The van der Waals surface area contributed by atoms with Crippen molar-refractivity contribution >= 4 is 11.8 Å². The van der Waals surface area contributed by atoms with Crippen molar-refractivity contribution in [2.75, 3.05) is 20.8 Å². The van der Waals surface area contributed by atoms with E-state index in [4.69, 9.17) is 14.3 Å². The molecule has 0 spiro atoms. The van der Waals surface area contributed by atoms with Crippen LogP contribution in [0.25, 0.3) is 0 Å². The topological polar surface area (TPSA) is 77.1 Å². The molecule has 1 atom stereocenters. The minimum Gasteiger partial charge on any atom is -0.493 e. The molecule has 3 rings (SSSR count). The average Bonchev–Trinajstić information content (AvgIpc) is 3.29. The summed E-state index contributed by atoms with van der Waals surface area (Å²) in [6.07, 6.45) is 3.03. The molecule has 1 fully saturated rings. The molecule has 0 unspecified atom stereocenters. The number of benzene rings is 2. The maximum Gasteiger partial charge on any atom is 0.266 e. The van der Waals surface area contributed by atoms with Crippen LogP contribution in [-0.4, -0.2) is 43.5 Å². The van der Waals surface area contributed by atoms with Crippen LogP contribution in [0.15, 0.2) is 42.5 Å². The Morgan fingerprint density at radius 1 is 1.13 bits per heavy atom. The number of ether oxygens (including phenoxy) is 2. The van der Waals surface area contributed by atoms with Crippen molar-refractivity contribution in [2.24, 2.45) is 0 Å². The molecular weight excluding hydrogens is 396 g/mol. The van der Waals surface area contributed by atoms with Gasteiger partial charge in [-0.3, -0.25) is 14.4 Å². The highest BCUT2D eigenvalue weighted by Crippen LogP contribution is 2.34. The number of aryl methyl sites for hydroxylation is 1. The Labute approximate surface area is 183 Å². The molecule has 1 saturated heterocycles. The summed E-state index contributed by atoms with van der Waals surface area (Å²) >= 11 is 0. The van der Waals surface area contributed by atoms with E-state index in [1.54, 1.807) is 25.2 Å². The largest absolute Gasteiger partial charge is 0.493 e. The van der Waals surface area contributed by atoms with E-state index in [2.05, 4.69) is 12.4 Å². The van der Waals surface area contributed by atoms with E-state index in [-0.39, 0.29) is 18.4 Å². The molecule has 2 aromatic carbocycles. The van der Waals surface area contributed by atoms with E-state index in [9.17, 15) is 9.59 Å². The minimum absolute atomic E-state index is 0.195. The first-order valence-corrected chi connectivity index (χ1v) is 10.6. The van der Waals surface area contributed by atoms with Crippen LogP contribution in [0.4, 0.5) is 0 Å². The molecule has 2 aromatic rings. The van der Waals surface area contributed by atoms with Crippen molar-refractivity contribution < 1.29 is 23.9 Å². The Morgan fingerprint density at radius 2 is 1.90 bits per heavy atom. The summed E-state index contributed by atoms with van der Waals surface area (Å²) in [4.78, 5) is 33.0. The molecule has 0 aromatic heterocycles. The Kier molecular flexibility index (Phi) is 7.89. The molecule has 0 bridgehead atoms. The van der Waals surface area contributed by atoms with E-state index in [0.717, 1.165) is 30.4 Å². The molecule has 1 aliphatic heterocycles. The monoisotopic (exact) mass is 426 g/mol. The SMILES string of the molecule is CCCc1cc(C(=O)N2CCC[C@@H]2C(=O)NOCc2ccccc2)cc(OC)c1OC. The van der Waals surface area contributed by atoms with Crippen LogP contribution in [0.5, 0.6) is 11.5 Å². The number of likely N-dealkylation sites (tertiary alicyclic amines) is 1. The fourth-order valence-electron chi connectivity index (χ4n) is 3.90. The van der Waals surface area contributed by atoms with E-state index in [0.29, 0.717) is 30.0 Å². The van der Waals surface area contributed by atoms with Gasteiger partial charge < -0.3 is 14.4 Å². The second-order valence-electron chi connectivity index (χ2n) is 7.52. The van der Waals surface area contributed by atoms with Gasteiger partial charge in [-0.1, -0.05) is 43.7 Å². The van der Waals surface area contributed by atoms with Crippen molar-refractivity contribution in [3.63, 3.8) is 0 Å². The number of methoxy groups -OCH3 is 2. The molecule has 7 heteroatoms. The molecule has 0 radical (unpaired) electrons. The van der Waals surface area contributed by atoms with Gasteiger partial charge in [0.1, 0.15) is 6.04 Å². The summed E-state index contributed by atoms with van der Waals surface area (Å²) < 4.78 is 10.9. The van der Waals surface area contributed by atoms with Crippen LogP contribution in [0.1, 0.15) is 47.7 Å². The number of amides is 2. The highest BCUT2D eigenvalue weighted by atomic mass is 16.6. The van der Waals surface area contributed by atoms with Crippen molar-refractivity contribution in [1.82, 2.24) is 10.4 Å². The normalized spacial score (nSPS) is 15.6. The van der Waals surface area contributed by atoms with Crippen LogP contribution >= 0.6 is 0 Å². The number of carbonyl (C=O) groups is 2. The molecule has 1 heterocycles. The molecule has 7 nitrogen and oxygen atoms in total. The lowest BCUT2D eigenvalue weighted by atomic mass is 10.0. The van der Waals surface area contributed by atoms with Gasteiger partial charge in [0, 0.05) is 12.1 Å². The van der Waals surface area contributed by atoms with Gasteiger partial charge >= 0.3 is 0 Å². The average molecular weight is 427 g/mol. The maximum atomic E-state index is 13.3. The highest BCUT2D eigenvalue weighted by Gasteiger charge is 2.35. The first kappa shape index (κ1) is 22.6. The third kappa shape index (κ3) is 5.35. The Bertz CT molecular complexity index is 900. The predicted octanol–water partition coefficient (Wildman–Crippen LogP) is 3.51. The van der Waals surface area contributed by atoms with E-state index in [1.807, 2.05) is 36.4 Å². The van der Waals surface area contributed by atoms with Crippen LogP contribution in [-0.2, 0) is 22.7 Å². The molecular formula is C24H30N2O5. The summed E-state index contributed by atoms with van der Waals surface area (Å²) in [6, 6.07) is 12.5. The van der Waals surface area contributed by atoms with E-state index < -0.39 is 6.04 Å². The summed E-state index contributed by atoms with van der Waals surface area (Å²) in [5.74, 6) is 0.657. The number of carbonyl (C=O) groups excluding carboxylic acids is 2. The van der Waals surface area contributed by atoms with Crippen molar-refractivity contribution in [2.45, 2.75) is 45.3 Å². The van der Waals surface area contributed by atoms with E-state index >= 15 is 0 Å². The molecule has 1 aliphatic rings. The van der Waals surface area contributed by atoms with Gasteiger partial charge in [-0.25, -0.2) is 5.48 Å². The maximum absolute atomic E-state index is 13.3. The summed E-state index contributed by atoms with van der Waals surface area (Å²) in [5.41, 5.74) is 4.87. The fraction of sp³-hybridized carbons (Fsp3) is 0.417. The summed E-state index contributed by atoms with van der Waals surface area (Å²) in [7, 11) is 3.15. The van der Waals surface area contributed by atoms with Crippen LogP contribution in [0, 0.1) is 0 Å². The molecule has 2 amide bonds. The lowest BCUT2D eigenvalue weighted by molar-refractivity contribution is -0.138. The van der Waals surface area contributed by atoms with Gasteiger partial charge in [0.05, 0.1) is 20.8 Å². The standard InChI is InChI=1S/C24H30N2O5/c1-4-9-18-14-19(15-21(29-2)22(18)30-3)24(28)26-13-8-12-20(26)23(27)25-31-16-17-10-6-5-7-11-17/h5-7,10-11,14-15,20H,4,8-9,12-13,16H2,1-3H3,(H,25,27)/t20-/m1/s1. The second-order valence-corrected chi connectivity index (χ2v) is 7.52. The lowest BCUT2D eigenvalue weighted by Gasteiger charge is -2.24. The van der Waals surface area contributed by atoms with Gasteiger partial charge in [0.15, 0.2) is 11.5 Å². The Morgan fingerprint density at radius 3 is 2.58 bits per heavy atom. The van der Waals surface area contributed by atoms with Gasteiger partial charge in [-0.2, -0.15) is 0 Å². The van der Waals surface area contributed by atoms with Crippen molar-refractivity contribution in [1.29, 1.82) is 0 Å². The van der Waals surface area contributed by atoms with Crippen LogP contribution < -0.4 is 15.0 Å². The minimum atomic E-state index is -0.564. The second kappa shape index (κ2) is 10.8. The van der Waals surface area contributed by atoms with Crippen molar-refractivity contribution in [3.05, 3.63) is 59.2 Å². The molecule has 166 valence electrons. The van der Waals surface area contributed by atoms with Crippen LogP contribution in [0.3, 0.4) is 0 Å². The first-order valence-electron chi connectivity index (χ1n) is 10.6. The number of hydroxylamine groups is 1. The third-order valence-corrected chi connectivity index (χ3v) is 5.39. The quantitative estimate of drug-likeness (QED) is 0.621. The van der Waals surface area contributed by atoms with Crippen molar-refractivity contribution in [3.8, 4) is 11.5 Å². The lowest BCUT2D eigenvalue weighted by Crippen LogP contribution is -2.45. The molecule has 0 saturated carbocycles. The Balaban J connectivity index is 1.71. The van der Waals surface area contributed by atoms with E-state index in [1.165, 1.54) is 0 Å². The molecule has 1 N–H and O–H groups in total. The Hall–Kier alpha value is -3.06. The number of nitrogens with one attached hydrogen (secondary N) is 1. The third-order valence-electron chi connectivity index (χ3n) is 5.39. The van der Waals surface area contributed by atoms with Gasteiger partial charge in [0.2, 0.25) is 0 Å². The van der Waals surface area contributed by atoms with Gasteiger partial charge in [0.25, 0.3) is 11.8 Å². The smallest absolute Gasteiger partial charge is 0.266 e. The van der Waals surface area contributed by atoms with Gasteiger partial charge in [-0.15, -0.1) is 0 Å². The number of hydrogen-bond donors (Lipinski definition) is 1. The summed E-state index contributed by atoms with van der Waals surface area (Å²) in [5, 5.41) is 0. The molecule has 31 heavy (non-hydrogen) atoms.